The second-order valence-electron chi connectivity index (χ2n) is 13.8. The Labute approximate surface area is 267 Å². The number of hydrogen-bond donors (Lipinski definition) is 2. The number of nitrogens with one attached hydrogen (secondary N) is 1. The molecule has 12 heteroatoms. The lowest BCUT2D eigenvalue weighted by Crippen LogP contribution is -2.62. The predicted octanol–water partition coefficient (Wildman–Crippen LogP) is 4.09. The number of ether oxygens (including phenoxy) is 1. The van der Waals surface area contributed by atoms with Crippen LogP contribution in [-0.4, -0.2) is 94.2 Å². The molecular weight excluding hydrogens is 575 g/mol. The first-order valence-corrected chi connectivity index (χ1v) is 16.3. The number of carbonyl (C=O) groups is 2. The third-order valence-corrected chi connectivity index (χ3v) is 9.14. The number of carbonyl (C=O) groups excluding carboxylic acids is 2. The maximum absolute atomic E-state index is 14.4. The van der Waals surface area contributed by atoms with E-state index in [-0.39, 0.29) is 52.4 Å². The Balaban J connectivity index is 1.40. The van der Waals surface area contributed by atoms with E-state index in [9.17, 15) is 14.0 Å². The molecule has 2 fully saturated rings. The SMILES string of the molecule is CC(C)[C@@H](CCCNC[C@H](C)C(N)=O)N1CC2(CCN(c3ncnnc3Oc3ccc(F)cc3C(=O)N(C(C)C)C(C)C)C2)C1. The number of anilines is 1. The number of benzene rings is 1. The second-order valence-corrected chi connectivity index (χ2v) is 13.8. The van der Waals surface area contributed by atoms with Gasteiger partial charge in [0.1, 0.15) is 17.9 Å². The zero-order chi connectivity index (χ0) is 32.9. The summed E-state index contributed by atoms with van der Waals surface area (Å²) in [7, 11) is 0. The molecule has 1 aromatic carbocycles. The van der Waals surface area contributed by atoms with Crippen molar-refractivity contribution in [1.29, 1.82) is 0 Å². The molecular formula is C33H51FN8O3. The highest BCUT2D eigenvalue weighted by Gasteiger charge is 2.50. The van der Waals surface area contributed by atoms with Crippen LogP contribution in [0, 0.1) is 23.1 Å². The minimum atomic E-state index is -0.514. The second kappa shape index (κ2) is 14.8. The summed E-state index contributed by atoms with van der Waals surface area (Å²) in [6.07, 6.45) is 4.57. The summed E-state index contributed by atoms with van der Waals surface area (Å²) in [5, 5.41) is 11.6. The summed E-state index contributed by atoms with van der Waals surface area (Å²) in [5.41, 5.74) is 5.67. The average molecular weight is 627 g/mol. The van der Waals surface area contributed by atoms with Gasteiger partial charge in [-0.15, -0.1) is 10.2 Å². The lowest BCUT2D eigenvalue weighted by molar-refractivity contribution is -0.121. The number of rotatable bonds is 15. The number of nitrogens with zero attached hydrogens (tertiary/aromatic N) is 6. The predicted molar refractivity (Wildman–Crippen MR) is 173 cm³/mol. The van der Waals surface area contributed by atoms with Crippen LogP contribution in [0.1, 0.15) is 78.1 Å². The van der Waals surface area contributed by atoms with E-state index >= 15 is 0 Å². The van der Waals surface area contributed by atoms with E-state index in [0.29, 0.717) is 24.3 Å². The summed E-state index contributed by atoms with van der Waals surface area (Å²) >= 11 is 0. The van der Waals surface area contributed by atoms with Gasteiger partial charge in [0.25, 0.3) is 11.8 Å². The molecule has 45 heavy (non-hydrogen) atoms. The van der Waals surface area contributed by atoms with Crippen LogP contribution in [-0.2, 0) is 4.79 Å². The summed E-state index contributed by atoms with van der Waals surface area (Å²) < 4.78 is 20.6. The minimum Gasteiger partial charge on any atom is -0.434 e. The molecule has 0 radical (unpaired) electrons. The summed E-state index contributed by atoms with van der Waals surface area (Å²) in [6, 6.07) is 4.31. The standard InChI is InChI=1S/C33H51FN8O3/c1-21(2)27(9-8-13-36-16-24(7)29(35)43)41-18-33(19-41)12-14-40(17-33)30-31(39-38-20-37-30)45-28-11-10-25(34)15-26(28)32(44)42(22(3)4)23(5)6/h10-11,15,20-24,27,36H,8-9,12-14,16-19H2,1-7H3,(H2,35,43)/t24-,27+/m0/s1. The van der Waals surface area contributed by atoms with E-state index in [2.05, 4.69) is 44.1 Å². The molecule has 3 heterocycles. The molecule has 2 atom stereocenters. The lowest BCUT2D eigenvalue weighted by atomic mass is 9.76. The van der Waals surface area contributed by atoms with Crippen molar-refractivity contribution in [2.45, 2.75) is 85.9 Å². The minimum absolute atomic E-state index is 0.0748. The van der Waals surface area contributed by atoms with Crippen molar-refractivity contribution in [2.24, 2.45) is 23.0 Å². The Morgan fingerprint density at radius 3 is 2.47 bits per heavy atom. The van der Waals surface area contributed by atoms with Gasteiger partial charge in [0, 0.05) is 62.2 Å². The third-order valence-electron chi connectivity index (χ3n) is 9.14. The monoisotopic (exact) mass is 626 g/mol. The van der Waals surface area contributed by atoms with E-state index < -0.39 is 5.82 Å². The van der Waals surface area contributed by atoms with Gasteiger partial charge in [-0.1, -0.05) is 20.8 Å². The Morgan fingerprint density at radius 1 is 1.11 bits per heavy atom. The van der Waals surface area contributed by atoms with Crippen molar-refractivity contribution in [3.63, 3.8) is 0 Å². The number of hydrogen-bond acceptors (Lipinski definition) is 9. The van der Waals surface area contributed by atoms with Crippen LogP contribution in [0.25, 0.3) is 0 Å². The van der Waals surface area contributed by atoms with E-state index in [1.54, 1.807) is 4.90 Å². The lowest BCUT2D eigenvalue weighted by Gasteiger charge is -2.53. The van der Waals surface area contributed by atoms with Crippen LogP contribution in [0.4, 0.5) is 10.2 Å². The molecule has 2 aliphatic rings. The van der Waals surface area contributed by atoms with Gasteiger partial charge < -0.3 is 25.6 Å². The van der Waals surface area contributed by atoms with Gasteiger partial charge in [-0.05, 0) is 77.6 Å². The number of nitrogens with two attached hydrogens (primary N) is 1. The molecule has 0 aliphatic carbocycles. The summed E-state index contributed by atoms with van der Waals surface area (Å²) in [6.45, 7) is 19.3. The van der Waals surface area contributed by atoms with Crippen LogP contribution in [0.3, 0.4) is 0 Å². The fraction of sp³-hybridized carbons (Fsp3) is 0.667. The summed E-state index contributed by atoms with van der Waals surface area (Å²) in [4.78, 5) is 35.8. The van der Waals surface area contributed by atoms with Crippen molar-refractivity contribution in [2.75, 3.05) is 44.2 Å². The number of amides is 2. The zero-order valence-corrected chi connectivity index (χ0v) is 27.9. The third kappa shape index (κ3) is 8.26. The van der Waals surface area contributed by atoms with Gasteiger partial charge in [-0.3, -0.25) is 14.5 Å². The summed E-state index contributed by atoms with van der Waals surface area (Å²) in [5.74, 6) is 0.269. The highest BCUT2D eigenvalue weighted by atomic mass is 19.1. The van der Waals surface area contributed by atoms with Crippen molar-refractivity contribution in [3.8, 4) is 11.6 Å². The van der Waals surface area contributed by atoms with Crippen molar-refractivity contribution in [1.82, 2.24) is 30.3 Å². The van der Waals surface area contributed by atoms with E-state index in [1.165, 1.54) is 24.5 Å². The van der Waals surface area contributed by atoms with Crippen LogP contribution >= 0.6 is 0 Å². The van der Waals surface area contributed by atoms with Gasteiger partial charge in [0.15, 0.2) is 5.82 Å². The van der Waals surface area contributed by atoms with Crippen LogP contribution in [0.2, 0.25) is 0 Å². The van der Waals surface area contributed by atoms with Crippen LogP contribution in [0.15, 0.2) is 24.5 Å². The molecule has 0 saturated carbocycles. The quantitative estimate of drug-likeness (QED) is 0.281. The molecule has 1 spiro atoms. The fourth-order valence-corrected chi connectivity index (χ4v) is 6.83. The Bertz CT molecular complexity index is 1310. The van der Waals surface area contributed by atoms with E-state index in [4.69, 9.17) is 10.5 Å². The molecule has 1 aromatic heterocycles. The van der Waals surface area contributed by atoms with Crippen LogP contribution < -0.4 is 20.7 Å². The Kier molecular flexibility index (Phi) is 11.4. The molecule has 2 amide bonds. The van der Waals surface area contributed by atoms with Gasteiger partial charge >= 0.3 is 0 Å². The zero-order valence-electron chi connectivity index (χ0n) is 27.9. The molecule has 3 N–H and O–H groups in total. The smallest absolute Gasteiger partial charge is 0.282 e. The Morgan fingerprint density at radius 2 is 1.82 bits per heavy atom. The normalized spacial score (nSPS) is 17.6. The maximum atomic E-state index is 14.4. The van der Waals surface area contributed by atoms with Crippen molar-refractivity contribution < 1.29 is 18.7 Å². The van der Waals surface area contributed by atoms with Gasteiger partial charge in [0.2, 0.25) is 5.91 Å². The van der Waals surface area contributed by atoms with Crippen LogP contribution in [0.5, 0.6) is 11.6 Å². The number of halogens is 1. The molecule has 248 valence electrons. The Hall–Kier alpha value is -3.38. The molecule has 11 nitrogen and oxygen atoms in total. The highest BCUT2D eigenvalue weighted by Crippen LogP contribution is 2.44. The molecule has 0 bridgehead atoms. The number of aromatic nitrogens is 3. The maximum Gasteiger partial charge on any atom is 0.282 e. The van der Waals surface area contributed by atoms with Gasteiger partial charge in [0.05, 0.1) is 5.56 Å². The molecule has 2 aromatic rings. The molecule has 2 aliphatic heterocycles. The molecule has 2 saturated heterocycles. The first-order valence-electron chi connectivity index (χ1n) is 16.3. The fourth-order valence-electron chi connectivity index (χ4n) is 6.83. The van der Waals surface area contributed by atoms with E-state index in [1.807, 2.05) is 34.6 Å². The highest BCUT2D eigenvalue weighted by molar-refractivity contribution is 5.97. The molecule has 4 rings (SSSR count). The van der Waals surface area contributed by atoms with Gasteiger partial charge in [-0.2, -0.15) is 0 Å². The van der Waals surface area contributed by atoms with Gasteiger partial charge in [-0.25, -0.2) is 9.37 Å². The largest absolute Gasteiger partial charge is 0.434 e. The number of likely N-dealkylation sites (tertiary alicyclic amines) is 1. The van der Waals surface area contributed by atoms with Crippen molar-refractivity contribution >= 4 is 17.6 Å². The van der Waals surface area contributed by atoms with Crippen molar-refractivity contribution in [3.05, 3.63) is 35.9 Å². The van der Waals surface area contributed by atoms with E-state index in [0.717, 1.165) is 52.0 Å². The topological polar surface area (TPSA) is 130 Å². The first-order chi connectivity index (χ1) is 21.3. The number of primary amides is 1. The molecule has 0 unspecified atom stereocenters. The average Bonchev–Trinajstić information content (AvgIpc) is 3.40. The first kappa shape index (κ1) is 34.5.